The number of amides is 1. The first-order valence-electron chi connectivity index (χ1n) is 8.17. The lowest BCUT2D eigenvalue weighted by molar-refractivity contribution is -0.128. The Morgan fingerprint density at radius 1 is 1.39 bits per heavy atom. The molecule has 0 bridgehead atoms. The predicted molar refractivity (Wildman–Crippen MR) is 96.8 cm³/mol. The molecule has 1 aromatic carbocycles. The average Bonchev–Trinajstić information content (AvgIpc) is 2.95. The van der Waals surface area contributed by atoms with E-state index in [1.807, 2.05) is 23.1 Å². The van der Waals surface area contributed by atoms with E-state index in [4.69, 9.17) is 4.74 Å². The Hall–Kier alpha value is -1.46. The number of hydrogen-bond acceptors (Lipinski definition) is 4. The maximum atomic E-state index is 12.3. The average molecular weight is 334 g/mol. The Kier molecular flexibility index (Phi) is 6.99. The molecule has 1 saturated heterocycles. The van der Waals surface area contributed by atoms with E-state index in [1.165, 1.54) is 0 Å². The Morgan fingerprint density at radius 2 is 2.13 bits per heavy atom. The predicted octanol–water partition coefficient (Wildman–Crippen LogP) is 3.17. The highest BCUT2D eigenvalue weighted by atomic mass is 32.2. The highest BCUT2D eigenvalue weighted by Gasteiger charge is 2.34. The Labute approximate surface area is 143 Å². The number of benzene rings is 1. The van der Waals surface area contributed by atoms with Crippen LogP contribution in [0.15, 0.2) is 36.9 Å². The van der Waals surface area contributed by atoms with E-state index in [-0.39, 0.29) is 11.3 Å². The molecule has 1 atom stereocenters. The number of hydrogen-bond donors (Lipinski definition) is 0. The van der Waals surface area contributed by atoms with Gasteiger partial charge in [0.05, 0.1) is 5.75 Å². The molecule has 0 radical (unpaired) electrons. The standard InChI is InChI=1S/C18H26N2O2S/c1-4-13-22-16-10-8-7-9-15(16)18-20(17(21)14-23-18)12-11-19(5-2)6-3/h4,7-10,18H,1,5-6,11-14H2,2-3H3. The summed E-state index contributed by atoms with van der Waals surface area (Å²) in [5.41, 5.74) is 1.07. The summed E-state index contributed by atoms with van der Waals surface area (Å²) in [4.78, 5) is 16.6. The van der Waals surface area contributed by atoms with E-state index in [0.717, 1.165) is 37.5 Å². The van der Waals surface area contributed by atoms with Gasteiger partial charge in [-0.3, -0.25) is 4.79 Å². The molecule has 1 heterocycles. The number of likely N-dealkylation sites (N-methyl/N-ethyl adjacent to an activating group) is 1. The molecule has 5 heteroatoms. The van der Waals surface area contributed by atoms with Crippen molar-refractivity contribution in [2.75, 3.05) is 38.5 Å². The third kappa shape index (κ3) is 4.52. The SMILES string of the molecule is C=CCOc1ccccc1C1SCC(=O)N1CCN(CC)CC. The highest BCUT2D eigenvalue weighted by Crippen LogP contribution is 2.42. The van der Waals surface area contributed by atoms with Crippen LogP contribution in [0.5, 0.6) is 5.75 Å². The molecule has 0 spiro atoms. The van der Waals surface area contributed by atoms with Gasteiger partial charge in [-0.2, -0.15) is 0 Å². The van der Waals surface area contributed by atoms with E-state index < -0.39 is 0 Å². The monoisotopic (exact) mass is 334 g/mol. The van der Waals surface area contributed by atoms with Crippen molar-refractivity contribution < 1.29 is 9.53 Å². The van der Waals surface area contributed by atoms with Gasteiger partial charge in [0, 0.05) is 18.7 Å². The summed E-state index contributed by atoms with van der Waals surface area (Å²) >= 11 is 1.68. The van der Waals surface area contributed by atoms with Crippen molar-refractivity contribution in [1.29, 1.82) is 0 Å². The van der Waals surface area contributed by atoms with E-state index in [9.17, 15) is 4.79 Å². The number of carbonyl (C=O) groups excluding carboxylic acids is 1. The number of para-hydroxylation sites is 1. The van der Waals surface area contributed by atoms with Crippen molar-refractivity contribution in [2.24, 2.45) is 0 Å². The summed E-state index contributed by atoms with van der Waals surface area (Å²) in [5, 5.41) is 0.0408. The van der Waals surface area contributed by atoms with Gasteiger partial charge in [-0.25, -0.2) is 0 Å². The molecule has 2 rings (SSSR count). The molecule has 0 saturated carbocycles. The van der Waals surface area contributed by atoms with Gasteiger partial charge in [0.1, 0.15) is 17.7 Å². The largest absolute Gasteiger partial charge is 0.489 e. The number of nitrogens with zero attached hydrogens (tertiary/aromatic N) is 2. The van der Waals surface area contributed by atoms with Crippen LogP contribution < -0.4 is 4.74 Å². The van der Waals surface area contributed by atoms with Crippen molar-refractivity contribution in [2.45, 2.75) is 19.2 Å². The Balaban J connectivity index is 2.14. The van der Waals surface area contributed by atoms with Crippen LogP contribution in [-0.2, 0) is 4.79 Å². The molecule has 0 N–H and O–H groups in total. The van der Waals surface area contributed by atoms with E-state index >= 15 is 0 Å². The fourth-order valence-corrected chi connectivity index (χ4v) is 3.95. The van der Waals surface area contributed by atoms with Gasteiger partial charge < -0.3 is 14.5 Å². The molecule has 1 aliphatic rings. The molecule has 1 amide bonds. The highest BCUT2D eigenvalue weighted by molar-refractivity contribution is 8.00. The second kappa shape index (κ2) is 8.99. The third-order valence-corrected chi connectivity index (χ3v) is 5.30. The zero-order chi connectivity index (χ0) is 16.7. The lowest BCUT2D eigenvalue weighted by atomic mass is 10.2. The lowest BCUT2D eigenvalue weighted by Gasteiger charge is -2.28. The van der Waals surface area contributed by atoms with Crippen LogP contribution >= 0.6 is 11.8 Å². The zero-order valence-electron chi connectivity index (χ0n) is 14.0. The summed E-state index contributed by atoms with van der Waals surface area (Å²) < 4.78 is 5.77. The molecule has 1 aliphatic heterocycles. The van der Waals surface area contributed by atoms with Crippen molar-refractivity contribution in [3.8, 4) is 5.75 Å². The smallest absolute Gasteiger partial charge is 0.233 e. The topological polar surface area (TPSA) is 32.8 Å². The van der Waals surface area contributed by atoms with E-state index in [1.54, 1.807) is 17.8 Å². The fraction of sp³-hybridized carbons (Fsp3) is 0.500. The van der Waals surface area contributed by atoms with Crippen LogP contribution in [0.3, 0.4) is 0 Å². The lowest BCUT2D eigenvalue weighted by Crippen LogP contribution is -2.37. The normalized spacial score (nSPS) is 17.8. The quantitative estimate of drug-likeness (QED) is 0.650. The number of thioether (sulfide) groups is 1. The second-order valence-electron chi connectivity index (χ2n) is 5.41. The molecule has 126 valence electrons. The molecular formula is C18H26N2O2S. The van der Waals surface area contributed by atoms with Crippen LogP contribution in [0, 0.1) is 0 Å². The minimum absolute atomic E-state index is 0.0408. The van der Waals surface area contributed by atoms with Gasteiger partial charge in [0.15, 0.2) is 0 Å². The molecular weight excluding hydrogens is 308 g/mol. The molecule has 1 aromatic rings. The summed E-state index contributed by atoms with van der Waals surface area (Å²) in [5.74, 6) is 1.59. The third-order valence-electron chi connectivity index (χ3n) is 4.06. The first-order valence-corrected chi connectivity index (χ1v) is 9.22. The van der Waals surface area contributed by atoms with Crippen LogP contribution in [0.25, 0.3) is 0 Å². The van der Waals surface area contributed by atoms with Crippen molar-refractivity contribution in [1.82, 2.24) is 9.80 Å². The van der Waals surface area contributed by atoms with Crippen molar-refractivity contribution in [3.63, 3.8) is 0 Å². The van der Waals surface area contributed by atoms with Gasteiger partial charge in [-0.1, -0.05) is 44.7 Å². The van der Waals surface area contributed by atoms with Crippen molar-refractivity contribution >= 4 is 17.7 Å². The minimum atomic E-state index is 0.0408. The van der Waals surface area contributed by atoms with E-state index in [0.29, 0.717) is 12.4 Å². The molecule has 0 aliphatic carbocycles. The van der Waals surface area contributed by atoms with Crippen LogP contribution in [0.1, 0.15) is 24.8 Å². The molecule has 1 unspecified atom stereocenters. The van der Waals surface area contributed by atoms with Crippen LogP contribution in [0.4, 0.5) is 0 Å². The number of ether oxygens (including phenoxy) is 1. The summed E-state index contributed by atoms with van der Waals surface area (Å²) in [6.45, 7) is 12.2. The Morgan fingerprint density at radius 3 is 2.83 bits per heavy atom. The molecule has 1 fully saturated rings. The first-order chi connectivity index (χ1) is 11.2. The van der Waals surface area contributed by atoms with Gasteiger partial charge in [-0.15, -0.1) is 11.8 Å². The first kappa shape index (κ1) is 17.9. The molecule has 0 aromatic heterocycles. The van der Waals surface area contributed by atoms with Gasteiger partial charge >= 0.3 is 0 Å². The second-order valence-corrected chi connectivity index (χ2v) is 6.48. The Bertz CT molecular complexity index is 532. The fourth-order valence-electron chi connectivity index (χ4n) is 2.71. The number of rotatable bonds is 9. The molecule has 4 nitrogen and oxygen atoms in total. The van der Waals surface area contributed by atoms with E-state index in [2.05, 4.69) is 31.4 Å². The molecule has 23 heavy (non-hydrogen) atoms. The van der Waals surface area contributed by atoms with Crippen molar-refractivity contribution in [3.05, 3.63) is 42.5 Å². The summed E-state index contributed by atoms with van der Waals surface area (Å²) in [6.07, 6.45) is 1.74. The summed E-state index contributed by atoms with van der Waals surface area (Å²) in [7, 11) is 0. The van der Waals surface area contributed by atoms with Gasteiger partial charge in [-0.05, 0) is 19.2 Å². The van der Waals surface area contributed by atoms with Crippen LogP contribution in [0.2, 0.25) is 0 Å². The zero-order valence-corrected chi connectivity index (χ0v) is 14.8. The van der Waals surface area contributed by atoms with Crippen LogP contribution in [-0.4, -0.2) is 54.2 Å². The maximum absolute atomic E-state index is 12.3. The minimum Gasteiger partial charge on any atom is -0.489 e. The number of carbonyl (C=O) groups is 1. The summed E-state index contributed by atoms with van der Waals surface area (Å²) in [6, 6.07) is 7.98. The van der Waals surface area contributed by atoms with Gasteiger partial charge in [0.25, 0.3) is 0 Å². The van der Waals surface area contributed by atoms with Gasteiger partial charge in [0.2, 0.25) is 5.91 Å². The maximum Gasteiger partial charge on any atom is 0.233 e.